The molecule has 0 amide bonds. The molecule has 0 radical (unpaired) electrons. The summed E-state index contributed by atoms with van der Waals surface area (Å²) in [7, 11) is 1.77. The minimum atomic E-state index is 0.320. The molecule has 110 valence electrons. The number of anilines is 1. The highest BCUT2D eigenvalue weighted by molar-refractivity contribution is 5.67. The van der Waals surface area contributed by atoms with Crippen LogP contribution in [0.4, 0.5) is 5.95 Å². The maximum absolute atomic E-state index is 5.82. The Morgan fingerprint density at radius 3 is 3.00 bits per heavy atom. The molecule has 0 aliphatic carbocycles. The number of para-hydroxylation sites is 1. The molecule has 1 aliphatic heterocycles. The van der Waals surface area contributed by atoms with Crippen molar-refractivity contribution in [1.29, 1.82) is 0 Å². The maximum atomic E-state index is 5.82. The van der Waals surface area contributed by atoms with Crippen LogP contribution in [0, 0.1) is 0 Å². The van der Waals surface area contributed by atoms with Crippen LogP contribution < -0.4 is 14.8 Å². The fraction of sp³-hybridized carbons (Fsp3) is 0.400. The third-order valence-electron chi connectivity index (χ3n) is 3.29. The molecule has 0 unspecified atom stereocenters. The third kappa shape index (κ3) is 2.74. The van der Waals surface area contributed by atoms with Crippen molar-refractivity contribution < 1.29 is 9.47 Å². The standard InChI is InChI=1S/C15H18N4O2/c1-3-20-15-18-13(17-14(16-2)19-15)11-8-4-6-10-7-5-9-21-12(10)11/h4,6,8H,3,5,7,9H2,1-2H3,(H,16,17,18,19). The number of hydrogen-bond acceptors (Lipinski definition) is 6. The molecule has 0 bridgehead atoms. The Morgan fingerprint density at radius 2 is 2.19 bits per heavy atom. The highest BCUT2D eigenvalue weighted by Gasteiger charge is 2.18. The van der Waals surface area contributed by atoms with Gasteiger partial charge in [0.2, 0.25) is 5.95 Å². The molecule has 2 heterocycles. The van der Waals surface area contributed by atoms with Gasteiger partial charge in [0, 0.05) is 7.05 Å². The van der Waals surface area contributed by atoms with Gasteiger partial charge in [-0.3, -0.25) is 0 Å². The Balaban J connectivity index is 2.09. The molecule has 6 heteroatoms. The van der Waals surface area contributed by atoms with Gasteiger partial charge >= 0.3 is 6.01 Å². The van der Waals surface area contributed by atoms with Gasteiger partial charge in [0.15, 0.2) is 5.82 Å². The smallest absolute Gasteiger partial charge is 0.321 e. The van der Waals surface area contributed by atoms with Crippen LogP contribution in [0.1, 0.15) is 18.9 Å². The fourth-order valence-corrected chi connectivity index (χ4v) is 2.35. The van der Waals surface area contributed by atoms with E-state index in [0.29, 0.717) is 24.4 Å². The molecule has 0 atom stereocenters. The molecule has 1 aliphatic rings. The van der Waals surface area contributed by atoms with Crippen molar-refractivity contribution in [2.24, 2.45) is 0 Å². The summed E-state index contributed by atoms with van der Waals surface area (Å²) in [6.07, 6.45) is 2.06. The van der Waals surface area contributed by atoms with E-state index in [1.54, 1.807) is 7.05 Å². The summed E-state index contributed by atoms with van der Waals surface area (Å²) in [6, 6.07) is 6.38. The summed E-state index contributed by atoms with van der Waals surface area (Å²) in [6.45, 7) is 3.14. The Hall–Kier alpha value is -2.37. The molecule has 3 rings (SSSR count). The lowest BCUT2D eigenvalue weighted by Gasteiger charge is -2.19. The number of hydrogen-bond donors (Lipinski definition) is 1. The van der Waals surface area contributed by atoms with Crippen LogP contribution in [0.3, 0.4) is 0 Å². The van der Waals surface area contributed by atoms with Crippen LogP contribution in [0.15, 0.2) is 18.2 Å². The highest BCUT2D eigenvalue weighted by atomic mass is 16.5. The first-order chi connectivity index (χ1) is 10.3. The first-order valence-electron chi connectivity index (χ1n) is 7.13. The molecule has 21 heavy (non-hydrogen) atoms. The summed E-state index contributed by atoms with van der Waals surface area (Å²) in [4.78, 5) is 13.0. The lowest BCUT2D eigenvalue weighted by Crippen LogP contribution is -2.11. The van der Waals surface area contributed by atoms with Crippen molar-refractivity contribution in [2.75, 3.05) is 25.6 Å². The number of rotatable bonds is 4. The van der Waals surface area contributed by atoms with Crippen LogP contribution in [0.25, 0.3) is 11.4 Å². The summed E-state index contributed by atoms with van der Waals surface area (Å²) in [5.41, 5.74) is 2.08. The predicted molar refractivity (Wildman–Crippen MR) is 79.8 cm³/mol. The van der Waals surface area contributed by atoms with Gasteiger partial charge in [0.05, 0.1) is 18.8 Å². The van der Waals surface area contributed by atoms with E-state index in [0.717, 1.165) is 30.8 Å². The lowest BCUT2D eigenvalue weighted by molar-refractivity contribution is 0.289. The Morgan fingerprint density at radius 1 is 1.29 bits per heavy atom. The molecule has 0 spiro atoms. The minimum absolute atomic E-state index is 0.320. The van der Waals surface area contributed by atoms with Crippen molar-refractivity contribution in [3.8, 4) is 23.1 Å². The number of ether oxygens (including phenoxy) is 2. The molecule has 6 nitrogen and oxygen atoms in total. The van der Waals surface area contributed by atoms with Crippen LogP contribution >= 0.6 is 0 Å². The minimum Gasteiger partial charge on any atom is -0.493 e. The molecule has 2 aromatic rings. The van der Waals surface area contributed by atoms with Crippen molar-refractivity contribution in [3.05, 3.63) is 23.8 Å². The topological polar surface area (TPSA) is 69.2 Å². The lowest BCUT2D eigenvalue weighted by atomic mass is 10.0. The van der Waals surface area contributed by atoms with Gasteiger partial charge in [-0.1, -0.05) is 12.1 Å². The Bertz CT molecular complexity index is 646. The van der Waals surface area contributed by atoms with E-state index >= 15 is 0 Å². The number of aryl methyl sites for hydroxylation is 1. The van der Waals surface area contributed by atoms with Gasteiger partial charge in [-0.15, -0.1) is 0 Å². The van der Waals surface area contributed by atoms with Gasteiger partial charge in [0.1, 0.15) is 5.75 Å². The van der Waals surface area contributed by atoms with Gasteiger partial charge in [-0.05, 0) is 31.4 Å². The number of nitrogens with zero attached hydrogens (tertiary/aromatic N) is 3. The van der Waals surface area contributed by atoms with Gasteiger partial charge in [-0.2, -0.15) is 15.0 Å². The van der Waals surface area contributed by atoms with Crippen molar-refractivity contribution in [2.45, 2.75) is 19.8 Å². The molecular formula is C15H18N4O2. The van der Waals surface area contributed by atoms with Gasteiger partial charge < -0.3 is 14.8 Å². The second-order valence-corrected chi connectivity index (χ2v) is 4.69. The van der Waals surface area contributed by atoms with Crippen LogP contribution in [0.5, 0.6) is 11.8 Å². The Labute approximate surface area is 123 Å². The third-order valence-corrected chi connectivity index (χ3v) is 3.29. The number of nitrogens with one attached hydrogen (secondary N) is 1. The second-order valence-electron chi connectivity index (χ2n) is 4.69. The van der Waals surface area contributed by atoms with Crippen molar-refractivity contribution in [3.63, 3.8) is 0 Å². The average molecular weight is 286 g/mol. The summed E-state index contributed by atoms with van der Waals surface area (Å²) < 4.78 is 11.2. The quantitative estimate of drug-likeness (QED) is 0.930. The first-order valence-corrected chi connectivity index (χ1v) is 7.13. The van der Waals surface area contributed by atoms with Crippen LogP contribution in [0.2, 0.25) is 0 Å². The normalized spacial score (nSPS) is 13.2. The highest BCUT2D eigenvalue weighted by Crippen LogP contribution is 2.35. The van der Waals surface area contributed by atoms with E-state index in [9.17, 15) is 0 Å². The van der Waals surface area contributed by atoms with E-state index in [1.807, 2.05) is 19.1 Å². The van der Waals surface area contributed by atoms with Crippen LogP contribution in [-0.4, -0.2) is 35.2 Å². The summed E-state index contributed by atoms with van der Waals surface area (Å²) in [5.74, 6) is 1.92. The van der Waals surface area contributed by atoms with Crippen LogP contribution in [-0.2, 0) is 6.42 Å². The van der Waals surface area contributed by atoms with Gasteiger partial charge in [-0.25, -0.2) is 0 Å². The van der Waals surface area contributed by atoms with E-state index in [2.05, 4.69) is 26.3 Å². The van der Waals surface area contributed by atoms with Crippen molar-refractivity contribution >= 4 is 5.95 Å². The average Bonchev–Trinajstić information content (AvgIpc) is 2.54. The zero-order chi connectivity index (χ0) is 14.7. The zero-order valence-electron chi connectivity index (χ0n) is 12.2. The van der Waals surface area contributed by atoms with Gasteiger partial charge in [0.25, 0.3) is 0 Å². The van der Waals surface area contributed by atoms with E-state index < -0.39 is 0 Å². The number of fused-ring (bicyclic) bond motifs is 1. The molecule has 1 aromatic carbocycles. The fourth-order valence-electron chi connectivity index (χ4n) is 2.35. The molecule has 1 aromatic heterocycles. The molecule has 1 N–H and O–H groups in total. The van der Waals surface area contributed by atoms with E-state index in [4.69, 9.17) is 9.47 Å². The molecule has 0 saturated heterocycles. The molecule has 0 fully saturated rings. The molecular weight excluding hydrogens is 268 g/mol. The Kier molecular flexibility index (Phi) is 3.85. The zero-order valence-corrected chi connectivity index (χ0v) is 12.2. The number of benzene rings is 1. The second kappa shape index (κ2) is 5.95. The number of aromatic nitrogens is 3. The summed E-state index contributed by atoms with van der Waals surface area (Å²) >= 11 is 0. The monoisotopic (exact) mass is 286 g/mol. The predicted octanol–water partition coefficient (Wildman–Crippen LogP) is 2.30. The van der Waals surface area contributed by atoms with Crippen molar-refractivity contribution in [1.82, 2.24) is 15.0 Å². The largest absolute Gasteiger partial charge is 0.493 e. The molecule has 0 saturated carbocycles. The van der Waals surface area contributed by atoms with E-state index in [-0.39, 0.29) is 0 Å². The van der Waals surface area contributed by atoms with E-state index in [1.165, 1.54) is 5.56 Å². The summed E-state index contributed by atoms with van der Waals surface area (Å²) in [5, 5.41) is 2.93. The maximum Gasteiger partial charge on any atom is 0.321 e. The first kappa shape index (κ1) is 13.6. The SMILES string of the molecule is CCOc1nc(NC)nc(-c2cccc3c2OCCC3)n1.